The minimum absolute atomic E-state index is 0.0184. The number of sulfonamides is 1. The number of aliphatic carboxylic acids is 1. The highest BCUT2D eigenvalue weighted by Crippen LogP contribution is 2.29. The molecule has 1 amide bonds. The summed E-state index contributed by atoms with van der Waals surface area (Å²) in [6, 6.07) is 9.85. The van der Waals surface area contributed by atoms with Gasteiger partial charge in [0.15, 0.2) is 0 Å². The summed E-state index contributed by atoms with van der Waals surface area (Å²) in [7, 11) is -1.94. The predicted octanol–water partition coefficient (Wildman–Crippen LogP) is 1.10. The van der Waals surface area contributed by atoms with E-state index in [0.717, 1.165) is 11.8 Å². The Hall–Kier alpha value is -3.93. The third-order valence-electron chi connectivity index (χ3n) is 4.64. The minimum Gasteiger partial charge on any atom is -0.481 e. The number of carboxylic acid groups (broad SMARTS) is 1. The van der Waals surface area contributed by atoms with Crippen molar-refractivity contribution in [3.05, 3.63) is 47.5 Å². The maximum absolute atomic E-state index is 12.6. The van der Waals surface area contributed by atoms with Crippen LogP contribution in [0, 0.1) is 5.41 Å². The summed E-state index contributed by atoms with van der Waals surface area (Å²) in [5.41, 5.74) is 7.88. The molecule has 0 fully saturated rings. The molecular weight excluding hydrogens is 436 g/mol. The average molecular weight is 459 g/mol. The molecule has 0 spiro atoms. The van der Waals surface area contributed by atoms with E-state index < -0.39 is 21.9 Å². The van der Waals surface area contributed by atoms with E-state index >= 15 is 0 Å². The number of hydrogen-bond donors (Lipinski definition) is 5. The number of imidazole rings is 1. The molecule has 168 valence electrons. The molecule has 0 saturated heterocycles. The summed E-state index contributed by atoms with van der Waals surface area (Å²) in [5.74, 6) is -1.20. The molecule has 3 rings (SSSR count). The predicted molar refractivity (Wildman–Crippen MR) is 120 cm³/mol. The minimum atomic E-state index is -3.69. The fraction of sp³-hybridized carbons (Fsp3) is 0.200. The van der Waals surface area contributed by atoms with Gasteiger partial charge in [-0.2, -0.15) is 0 Å². The van der Waals surface area contributed by atoms with Gasteiger partial charge in [0, 0.05) is 24.7 Å². The van der Waals surface area contributed by atoms with E-state index in [0.29, 0.717) is 22.4 Å². The fourth-order valence-electron chi connectivity index (χ4n) is 3.15. The van der Waals surface area contributed by atoms with Crippen LogP contribution < -0.4 is 15.8 Å². The zero-order valence-corrected chi connectivity index (χ0v) is 18.2. The van der Waals surface area contributed by atoms with Crippen molar-refractivity contribution < 1.29 is 23.1 Å². The van der Waals surface area contributed by atoms with Crippen LogP contribution in [0.1, 0.15) is 22.3 Å². The monoisotopic (exact) mass is 458 g/mol. The van der Waals surface area contributed by atoms with Gasteiger partial charge in [0.1, 0.15) is 11.7 Å². The highest BCUT2D eigenvalue weighted by molar-refractivity contribution is 7.92. The van der Waals surface area contributed by atoms with Crippen molar-refractivity contribution in [2.75, 3.05) is 17.5 Å². The van der Waals surface area contributed by atoms with Gasteiger partial charge in [-0.3, -0.25) is 19.7 Å². The lowest BCUT2D eigenvalue weighted by molar-refractivity contribution is -0.136. The fourth-order valence-corrected chi connectivity index (χ4v) is 3.71. The van der Waals surface area contributed by atoms with E-state index in [1.54, 1.807) is 35.9 Å². The van der Waals surface area contributed by atoms with Gasteiger partial charge in [0.05, 0.1) is 35.0 Å². The number of amidine groups is 1. The topological polar surface area (TPSA) is 180 Å². The van der Waals surface area contributed by atoms with Crippen LogP contribution in [0.25, 0.3) is 22.4 Å². The van der Waals surface area contributed by atoms with E-state index in [-0.39, 0.29) is 30.1 Å². The quantitative estimate of drug-likeness (QED) is 0.247. The van der Waals surface area contributed by atoms with Crippen LogP contribution in [0.3, 0.4) is 0 Å². The number of hydrogen-bond acceptors (Lipinski definition) is 6. The number of carboxylic acids is 1. The van der Waals surface area contributed by atoms with Gasteiger partial charge < -0.3 is 20.7 Å². The molecule has 12 heteroatoms. The molecule has 0 unspecified atom stereocenters. The van der Waals surface area contributed by atoms with Crippen molar-refractivity contribution in [2.45, 2.75) is 6.42 Å². The Morgan fingerprint density at radius 3 is 2.44 bits per heavy atom. The summed E-state index contributed by atoms with van der Waals surface area (Å²) in [6.45, 7) is -0.111. The number of nitrogens with zero attached hydrogens (tertiary/aromatic N) is 2. The van der Waals surface area contributed by atoms with Crippen molar-refractivity contribution in [1.29, 1.82) is 5.41 Å². The number of carbonyl (C=O) groups excluding carboxylic acids is 1. The van der Waals surface area contributed by atoms with E-state index in [4.69, 9.17) is 16.2 Å². The second-order valence-corrected chi connectivity index (χ2v) is 8.89. The molecule has 2 aromatic carbocycles. The average Bonchev–Trinajstić information content (AvgIpc) is 3.01. The third kappa shape index (κ3) is 5.03. The normalized spacial score (nSPS) is 11.3. The number of amides is 1. The molecule has 0 saturated carbocycles. The number of benzene rings is 2. The Labute approximate surface area is 183 Å². The molecule has 3 aromatic rings. The maximum atomic E-state index is 12.6. The van der Waals surface area contributed by atoms with Crippen LogP contribution in [0.15, 0.2) is 36.4 Å². The molecule has 32 heavy (non-hydrogen) atoms. The molecular formula is C20H22N6O5S. The number of nitrogens with one attached hydrogen (secondary N) is 3. The van der Waals surface area contributed by atoms with Crippen molar-refractivity contribution in [1.82, 2.24) is 14.9 Å². The second-order valence-electron chi connectivity index (χ2n) is 7.15. The first-order chi connectivity index (χ1) is 15.0. The van der Waals surface area contributed by atoms with Gasteiger partial charge in [-0.1, -0.05) is 24.3 Å². The molecule has 0 aliphatic carbocycles. The molecule has 0 atom stereocenters. The summed E-state index contributed by atoms with van der Waals surface area (Å²) in [5, 5.41) is 18.7. The first-order valence-electron chi connectivity index (χ1n) is 9.39. The molecule has 1 aromatic heterocycles. The standard InChI is InChI=1S/C20H22N6O5S/c1-26-16-10-14(25-32(2,30)31)13(20(29)23-8-7-17(27)28)9-15(16)24-19(26)12-5-3-11(4-6-12)18(21)22/h3-6,9-10,25H,7-8H2,1-2H3,(H3,21,22)(H,23,29)(H,27,28). The largest absolute Gasteiger partial charge is 0.481 e. The molecule has 0 aliphatic rings. The van der Waals surface area contributed by atoms with Crippen LogP contribution in [0.2, 0.25) is 0 Å². The molecule has 11 nitrogen and oxygen atoms in total. The third-order valence-corrected chi connectivity index (χ3v) is 5.23. The lowest BCUT2D eigenvalue weighted by Gasteiger charge is -2.12. The van der Waals surface area contributed by atoms with E-state index in [2.05, 4.69) is 15.0 Å². The van der Waals surface area contributed by atoms with E-state index in [1.807, 2.05) is 0 Å². The Morgan fingerprint density at radius 2 is 1.88 bits per heavy atom. The number of fused-ring (bicyclic) bond motifs is 1. The van der Waals surface area contributed by atoms with Gasteiger partial charge in [0.2, 0.25) is 10.0 Å². The summed E-state index contributed by atoms with van der Waals surface area (Å²) < 4.78 is 27.8. The number of aryl methyl sites for hydroxylation is 1. The lowest BCUT2D eigenvalue weighted by atomic mass is 10.1. The summed E-state index contributed by atoms with van der Waals surface area (Å²) >= 11 is 0. The molecule has 0 radical (unpaired) electrons. The van der Waals surface area contributed by atoms with Gasteiger partial charge in [0.25, 0.3) is 5.91 Å². The highest BCUT2D eigenvalue weighted by atomic mass is 32.2. The number of carbonyl (C=O) groups is 2. The number of rotatable bonds is 8. The smallest absolute Gasteiger partial charge is 0.305 e. The first kappa shape index (κ1) is 22.7. The second kappa shape index (κ2) is 8.67. The van der Waals surface area contributed by atoms with E-state index in [1.165, 1.54) is 12.1 Å². The van der Waals surface area contributed by atoms with Crippen molar-refractivity contribution in [3.63, 3.8) is 0 Å². The molecule has 0 bridgehead atoms. The molecule has 6 N–H and O–H groups in total. The molecule has 0 aliphatic heterocycles. The SMILES string of the molecule is Cn1c(-c2ccc(C(=N)N)cc2)nc2cc(C(=O)NCCC(=O)O)c(NS(C)(=O)=O)cc21. The zero-order chi connectivity index (χ0) is 23.6. The Balaban J connectivity index is 2.08. The Kier molecular flexibility index (Phi) is 6.16. The van der Waals surface area contributed by atoms with Crippen molar-refractivity contribution >= 4 is 44.5 Å². The van der Waals surface area contributed by atoms with Gasteiger partial charge in [-0.15, -0.1) is 0 Å². The van der Waals surface area contributed by atoms with Crippen LogP contribution in [0.5, 0.6) is 0 Å². The number of aromatic nitrogens is 2. The number of nitrogens with two attached hydrogens (primary N) is 1. The first-order valence-corrected chi connectivity index (χ1v) is 11.3. The Bertz CT molecular complexity index is 1330. The lowest BCUT2D eigenvalue weighted by Crippen LogP contribution is -2.27. The summed E-state index contributed by atoms with van der Waals surface area (Å²) in [4.78, 5) is 27.9. The Morgan fingerprint density at radius 1 is 1.22 bits per heavy atom. The van der Waals surface area contributed by atoms with Crippen molar-refractivity contribution in [2.24, 2.45) is 12.8 Å². The number of anilines is 1. The zero-order valence-electron chi connectivity index (χ0n) is 17.3. The van der Waals surface area contributed by atoms with Crippen LogP contribution >= 0.6 is 0 Å². The number of nitrogen functional groups attached to an aromatic ring is 1. The maximum Gasteiger partial charge on any atom is 0.305 e. The molecule has 1 heterocycles. The van der Waals surface area contributed by atoms with Crippen LogP contribution in [0.4, 0.5) is 5.69 Å². The van der Waals surface area contributed by atoms with Gasteiger partial charge in [-0.25, -0.2) is 13.4 Å². The van der Waals surface area contributed by atoms with Crippen molar-refractivity contribution in [3.8, 4) is 11.4 Å². The van der Waals surface area contributed by atoms with Crippen LogP contribution in [-0.4, -0.2) is 53.6 Å². The highest BCUT2D eigenvalue weighted by Gasteiger charge is 2.19. The summed E-state index contributed by atoms with van der Waals surface area (Å²) in [6.07, 6.45) is 0.696. The van der Waals surface area contributed by atoms with Gasteiger partial charge >= 0.3 is 5.97 Å². The van der Waals surface area contributed by atoms with Crippen LogP contribution in [-0.2, 0) is 21.9 Å². The van der Waals surface area contributed by atoms with E-state index in [9.17, 15) is 18.0 Å². The van der Waals surface area contributed by atoms with Gasteiger partial charge in [-0.05, 0) is 12.1 Å².